The maximum Gasteiger partial charge on any atom is 1.00 e. The van der Waals surface area contributed by atoms with Gasteiger partial charge in [0.15, 0.2) is 5.75 Å². The first-order valence-corrected chi connectivity index (χ1v) is 39.1. The number of nitrogens with zero attached hydrogens (tertiary/aromatic N) is 5. The molecule has 0 aliphatic heterocycles. The van der Waals surface area contributed by atoms with Crippen LogP contribution in [-0.4, -0.2) is 101 Å². The molecule has 15 rings (SSSR count). The van der Waals surface area contributed by atoms with E-state index in [0.29, 0.717) is 74.1 Å². The molecule has 138 heavy (non-hydrogen) atoms. The quantitative estimate of drug-likeness (QED) is 0.0235. The molecule has 0 radical (unpaired) electrons. The summed E-state index contributed by atoms with van der Waals surface area (Å²) in [5.41, 5.74) is 4.74. The molecule has 6 N–H and O–H groups in total. The number of benzene rings is 10. The first kappa shape index (κ1) is 110. The molecule has 0 bridgehead atoms. The Balaban J connectivity index is 0.000000233. The van der Waals surface area contributed by atoms with Gasteiger partial charge < -0.3 is 99.7 Å². The van der Waals surface area contributed by atoms with Crippen LogP contribution in [0.1, 0.15) is 58.7 Å². The van der Waals surface area contributed by atoms with E-state index in [1.54, 1.807) is 92.0 Å². The van der Waals surface area contributed by atoms with Gasteiger partial charge in [0.25, 0.3) is 0 Å². The van der Waals surface area contributed by atoms with Crippen LogP contribution in [0.3, 0.4) is 0 Å². The first-order chi connectivity index (χ1) is 64.1. The van der Waals surface area contributed by atoms with Gasteiger partial charge >= 0.3 is 94.1 Å². The minimum Gasteiger partial charge on any atom is -0.545 e. The van der Waals surface area contributed by atoms with Crippen molar-refractivity contribution in [3.05, 3.63) is 355 Å². The number of carbonyl (C=O) groups excluding carboxylic acids is 4. The van der Waals surface area contributed by atoms with Crippen molar-refractivity contribution < 1.29 is 202 Å². The summed E-state index contributed by atoms with van der Waals surface area (Å²) in [6.45, 7) is 2.44. The van der Waals surface area contributed by atoms with Crippen molar-refractivity contribution in [2.24, 2.45) is 0 Å². The Kier molecular flexibility index (Phi) is 40.9. The van der Waals surface area contributed by atoms with E-state index in [1.807, 2.05) is 43.3 Å². The number of hydrogen-bond acceptors (Lipinski definition) is 25. The van der Waals surface area contributed by atoms with Crippen molar-refractivity contribution in [2.75, 3.05) is 54.5 Å². The van der Waals surface area contributed by atoms with E-state index in [1.165, 1.54) is 161 Å². The number of methoxy groups -OCH3 is 3. The van der Waals surface area contributed by atoms with Gasteiger partial charge in [-0.3, -0.25) is 19.9 Å². The largest absolute Gasteiger partial charge is 1.00 e. The molecule has 0 amide bonds. The maximum absolute atomic E-state index is 14.5. The van der Waals surface area contributed by atoms with Crippen LogP contribution in [0.15, 0.2) is 298 Å². The Bertz CT molecular complexity index is 6760. The van der Waals surface area contributed by atoms with Crippen LogP contribution in [0.2, 0.25) is 0 Å². The molecule has 5 heterocycles. The van der Waals surface area contributed by atoms with E-state index in [4.69, 9.17) is 24.1 Å². The molecular formula is C97H69F11Li4N10O16. The van der Waals surface area contributed by atoms with Crippen LogP contribution in [0.25, 0.3) is 55.6 Å². The number of carbonyl (C=O) groups is 5. The van der Waals surface area contributed by atoms with Gasteiger partial charge in [0, 0.05) is 53.2 Å². The van der Waals surface area contributed by atoms with E-state index in [0.717, 1.165) is 41.5 Å². The normalized spacial score (nSPS) is 10.4. The molecule has 0 fully saturated rings. The van der Waals surface area contributed by atoms with Crippen LogP contribution in [0.5, 0.6) is 34.5 Å². The van der Waals surface area contributed by atoms with Gasteiger partial charge in [-0.25, -0.2) is 31.7 Å². The molecule has 41 heteroatoms. The molecule has 10 aromatic carbocycles. The molecule has 684 valence electrons. The number of ether oxygens (including phenoxy) is 6. The average Bonchev–Trinajstić information content (AvgIpc) is 0.814. The summed E-state index contributed by atoms with van der Waals surface area (Å²) < 4.78 is 177. The number of aromatic carboxylic acids is 5. The number of nitrogens with one attached hydrogen (secondary N) is 5. The summed E-state index contributed by atoms with van der Waals surface area (Å²) in [7, 11) is 4.54. The SMILES string of the molecule is CCOc1cccc(-c2ccc(Nc3cnccc3C(=O)[O-])c(F)c2)c1.COc1cccc(-c2cc(F)c(Nc3ncccc3C(=O)O)c(F)c2)c1.COc1cccc(-c2ccc(Nc3cnccc3C(=O)[O-])c(F)c2)c1.COc1cccc(-c2ccc(Nc3cnccc3C(=O)[O-])c(OC(F)(F)F)c2)c1.O=C([O-])c1ccncc1Nc1ccc(-c2cccc(OC(F)(F)F)c2)cc1F.[Li+].[Li+].[Li+].[Li+]. The molecule has 0 unspecified atom stereocenters. The second kappa shape index (κ2) is 51.4. The summed E-state index contributed by atoms with van der Waals surface area (Å²) >= 11 is 0. The number of carboxylic acid groups (broad SMARTS) is 5. The zero-order chi connectivity index (χ0) is 96.3. The molecule has 0 aliphatic rings. The number of aromatic nitrogens is 5. The molecule has 0 aliphatic carbocycles. The van der Waals surface area contributed by atoms with E-state index in [2.05, 4.69) is 61.0 Å². The van der Waals surface area contributed by atoms with Gasteiger partial charge in [-0.15, -0.1) is 26.3 Å². The van der Waals surface area contributed by atoms with Crippen molar-refractivity contribution in [3.8, 4) is 90.1 Å². The molecule has 0 saturated carbocycles. The van der Waals surface area contributed by atoms with Gasteiger partial charge in [0.05, 0.1) is 122 Å². The fourth-order valence-corrected chi connectivity index (χ4v) is 12.5. The molecule has 15 aromatic rings. The number of halogens is 11. The fourth-order valence-electron chi connectivity index (χ4n) is 12.5. The van der Waals surface area contributed by atoms with Gasteiger partial charge in [0.2, 0.25) is 0 Å². The van der Waals surface area contributed by atoms with Crippen LogP contribution >= 0.6 is 0 Å². The molecule has 26 nitrogen and oxygen atoms in total. The van der Waals surface area contributed by atoms with E-state index >= 15 is 0 Å². The molecule has 5 aromatic heterocycles. The summed E-state index contributed by atoms with van der Waals surface area (Å²) in [6.07, 6.45) is 1.68. The minimum absolute atomic E-state index is 0. The van der Waals surface area contributed by atoms with Crippen molar-refractivity contribution in [1.29, 1.82) is 0 Å². The molecular weight excluding hydrogens is 1800 g/mol. The Morgan fingerprint density at radius 2 is 0.616 bits per heavy atom. The molecule has 0 saturated heterocycles. The van der Waals surface area contributed by atoms with Crippen molar-refractivity contribution in [1.82, 2.24) is 24.9 Å². The number of pyridine rings is 5. The summed E-state index contributed by atoms with van der Waals surface area (Å²) in [5.74, 6) is -9.08. The summed E-state index contributed by atoms with van der Waals surface area (Å²) in [4.78, 5) is 74.9. The van der Waals surface area contributed by atoms with Crippen molar-refractivity contribution in [3.63, 3.8) is 0 Å². The Labute approximate surface area is 827 Å². The predicted octanol–water partition coefficient (Wildman–Crippen LogP) is 6.55. The number of carboxylic acids is 5. The number of rotatable bonds is 27. The standard InChI is InChI=1S/C20H15F3N2O4.C20H17FN2O3.C19H12F4N2O3.C19H14F2N2O3.C19H15FN2O3.4Li/c1-28-14-4-2-3-12(9-14)13-5-6-16(18(10-13)29-20(21,22)23)25-17-11-24-8-7-15(17)19(26)27;1-2-26-15-5-3-4-13(10-15)14-6-7-18(17(21)11-14)23-19-12-22-9-8-16(19)20(24)25;20-15-9-12(11-2-1-3-13(8-11)28-19(21,22)23)4-5-16(15)25-17-10-24-7-6-14(17)18(26)27;1-26-13-5-2-4-11(8-13)12-9-15(20)17(16(21)10-12)23-18-14(19(24)25)6-3-7-22-18;1-25-14-4-2-3-12(9-14)13-5-6-17(16(20)10-13)22-18-11-21-8-7-15(18)19(23)24;;;;/h2-11,25H,1H3,(H,26,27);3-12,23H,2H2,1H3,(H,24,25);1-10,25H,(H,26,27);2-10H,1H3,(H,22,23)(H,24,25);2-11,22H,1H3,(H,23,24);;;;/q;;;;;4*+1/p-4. The zero-order valence-electron chi connectivity index (χ0n) is 74.0. The maximum atomic E-state index is 14.5. The smallest absolute Gasteiger partial charge is 0.545 e. The third-order valence-electron chi connectivity index (χ3n) is 18.8. The van der Waals surface area contributed by atoms with Gasteiger partial charge in [-0.1, -0.05) is 84.9 Å². The van der Waals surface area contributed by atoms with Gasteiger partial charge in [-0.05, 0) is 220 Å². The predicted molar refractivity (Wildman–Crippen MR) is 465 cm³/mol. The van der Waals surface area contributed by atoms with Crippen molar-refractivity contribution >= 4 is 86.9 Å². The van der Waals surface area contributed by atoms with Crippen LogP contribution in [0, 0.1) is 29.1 Å². The van der Waals surface area contributed by atoms with E-state index in [9.17, 15) is 92.7 Å². The second-order valence-corrected chi connectivity index (χ2v) is 27.6. The van der Waals surface area contributed by atoms with E-state index in [-0.39, 0.29) is 155 Å². The fraction of sp³-hybridized carbons (Fsp3) is 0.0722. The topological polar surface area (TPSA) is 378 Å². The Hall–Kier alpha value is -15.3. The molecule has 0 atom stereocenters. The third kappa shape index (κ3) is 30.9. The molecule has 0 spiro atoms. The van der Waals surface area contributed by atoms with Gasteiger partial charge in [-0.2, -0.15) is 0 Å². The number of anilines is 10. The average molecular weight is 1870 g/mol. The van der Waals surface area contributed by atoms with Crippen molar-refractivity contribution in [2.45, 2.75) is 19.6 Å². The Morgan fingerprint density at radius 3 is 0.942 bits per heavy atom. The second-order valence-electron chi connectivity index (χ2n) is 27.6. The first-order valence-electron chi connectivity index (χ1n) is 39.1. The van der Waals surface area contributed by atoms with E-state index < -0.39 is 88.8 Å². The summed E-state index contributed by atoms with van der Waals surface area (Å²) in [5, 5.41) is 66.9. The van der Waals surface area contributed by atoms with Crippen LogP contribution in [0.4, 0.5) is 105 Å². The Morgan fingerprint density at radius 1 is 0.319 bits per heavy atom. The monoisotopic (exact) mass is 1870 g/mol. The summed E-state index contributed by atoms with van der Waals surface area (Å²) in [6, 6.07) is 60.6. The number of alkyl halides is 6. The van der Waals surface area contributed by atoms with Crippen LogP contribution < -0.4 is 151 Å². The van der Waals surface area contributed by atoms with Gasteiger partial charge in [0.1, 0.15) is 74.9 Å². The minimum atomic E-state index is -4.95. The van der Waals surface area contributed by atoms with Crippen LogP contribution in [-0.2, 0) is 0 Å². The zero-order valence-corrected chi connectivity index (χ0v) is 74.0. The number of hydrogen-bond donors (Lipinski definition) is 6. The third-order valence-corrected chi connectivity index (χ3v) is 18.8.